The zero-order valence-corrected chi connectivity index (χ0v) is 9.92. The van der Waals surface area contributed by atoms with E-state index in [9.17, 15) is 9.59 Å². The Morgan fingerprint density at radius 1 is 1.40 bits per heavy atom. The highest BCUT2D eigenvalue weighted by Gasteiger charge is 2.32. The van der Waals surface area contributed by atoms with Gasteiger partial charge in [0.25, 0.3) is 0 Å². The molecule has 1 saturated carbocycles. The third-order valence-corrected chi connectivity index (χ3v) is 3.44. The summed E-state index contributed by atoms with van der Waals surface area (Å²) in [5, 5.41) is 0. The van der Waals surface area contributed by atoms with Crippen LogP contribution in [0.25, 0.3) is 0 Å². The lowest BCUT2D eigenvalue weighted by atomic mass is 9.75. The molecule has 1 aliphatic carbocycles. The number of hydrogen-bond donors (Lipinski definition) is 0. The van der Waals surface area contributed by atoms with Crippen LogP contribution in [0.1, 0.15) is 58.8 Å². The fraction of sp³-hybridized carbons (Fsp3) is 0.846. The Labute approximate surface area is 92.4 Å². The molecule has 0 spiro atoms. The molecular weight excluding hydrogens is 188 g/mol. The van der Waals surface area contributed by atoms with Crippen LogP contribution >= 0.6 is 0 Å². The zero-order chi connectivity index (χ0) is 11.3. The number of carbonyl (C=O) groups excluding carboxylic acids is 2. The number of rotatable bonds is 5. The van der Waals surface area contributed by atoms with Crippen LogP contribution in [-0.2, 0) is 9.59 Å². The third kappa shape index (κ3) is 3.15. The van der Waals surface area contributed by atoms with Crippen molar-refractivity contribution in [3.05, 3.63) is 0 Å². The fourth-order valence-electron chi connectivity index (χ4n) is 2.60. The van der Waals surface area contributed by atoms with Crippen molar-refractivity contribution in [3.63, 3.8) is 0 Å². The molecule has 0 N–H and O–H groups in total. The van der Waals surface area contributed by atoms with Crippen molar-refractivity contribution in [2.45, 2.75) is 58.8 Å². The Bertz CT molecular complexity index is 233. The maximum absolute atomic E-state index is 11.9. The third-order valence-electron chi connectivity index (χ3n) is 3.44. The largest absolute Gasteiger partial charge is 0.299 e. The number of ketones is 2. The molecule has 0 aromatic heterocycles. The first-order valence-electron chi connectivity index (χ1n) is 6.26. The Balaban J connectivity index is 2.63. The first kappa shape index (κ1) is 12.4. The Hall–Kier alpha value is -0.660. The van der Waals surface area contributed by atoms with Crippen LogP contribution in [0.4, 0.5) is 0 Å². The molecule has 0 aromatic carbocycles. The molecule has 1 fully saturated rings. The number of carbonyl (C=O) groups is 2. The van der Waals surface area contributed by atoms with Gasteiger partial charge >= 0.3 is 0 Å². The van der Waals surface area contributed by atoms with Gasteiger partial charge in [-0.1, -0.05) is 20.3 Å². The maximum Gasteiger partial charge on any atom is 0.136 e. The first-order chi connectivity index (χ1) is 7.20. The van der Waals surface area contributed by atoms with E-state index < -0.39 is 0 Å². The Kier molecular flexibility index (Phi) is 5.00. The normalized spacial score (nSPS) is 23.9. The van der Waals surface area contributed by atoms with Crippen LogP contribution in [0, 0.1) is 11.8 Å². The fourth-order valence-corrected chi connectivity index (χ4v) is 2.60. The summed E-state index contributed by atoms with van der Waals surface area (Å²) >= 11 is 0. The van der Waals surface area contributed by atoms with Gasteiger partial charge in [-0.2, -0.15) is 0 Å². The van der Waals surface area contributed by atoms with Gasteiger partial charge in [0.1, 0.15) is 11.6 Å². The molecule has 86 valence electrons. The Morgan fingerprint density at radius 2 is 2.13 bits per heavy atom. The van der Waals surface area contributed by atoms with Gasteiger partial charge in [-0.05, 0) is 25.7 Å². The summed E-state index contributed by atoms with van der Waals surface area (Å²) in [4.78, 5) is 23.6. The molecule has 1 rings (SSSR count). The summed E-state index contributed by atoms with van der Waals surface area (Å²) in [6, 6.07) is 0. The van der Waals surface area contributed by atoms with E-state index in [0.29, 0.717) is 24.4 Å². The van der Waals surface area contributed by atoms with Crippen molar-refractivity contribution >= 4 is 11.6 Å². The number of Topliss-reactive ketones (excluding diaryl/α,β-unsaturated/α-hetero) is 2. The van der Waals surface area contributed by atoms with Crippen molar-refractivity contribution in [1.82, 2.24) is 0 Å². The minimum absolute atomic E-state index is 0.0118. The highest BCUT2D eigenvalue weighted by atomic mass is 16.1. The van der Waals surface area contributed by atoms with Gasteiger partial charge in [-0.25, -0.2) is 0 Å². The van der Waals surface area contributed by atoms with Crippen LogP contribution in [0.15, 0.2) is 0 Å². The van der Waals surface area contributed by atoms with Crippen LogP contribution < -0.4 is 0 Å². The molecule has 15 heavy (non-hydrogen) atoms. The average molecular weight is 210 g/mol. The summed E-state index contributed by atoms with van der Waals surface area (Å²) in [7, 11) is 0. The minimum atomic E-state index is 0.0118. The van der Waals surface area contributed by atoms with E-state index in [0.717, 1.165) is 32.1 Å². The van der Waals surface area contributed by atoms with E-state index in [2.05, 4.69) is 0 Å². The highest BCUT2D eigenvalue weighted by molar-refractivity contribution is 5.90. The van der Waals surface area contributed by atoms with Gasteiger partial charge in [-0.3, -0.25) is 9.59 Å². The number of hydrogen-bond acceptors (Lipinski definition) is 2. The van der Waals surface area contributed by atoms with Crippen molar-refractivity contribution in [3.8, 4) is 0 Å². The summed E-state index contributed by atoms with van der Waals surface area (Å²) < 4.78 is 0. The molecule has 0 amide bonds. The van der Waals surface area contributed by atoms with Crippen molar-refractivity contribution in [2.24, 2.45) is 11.8 Å². The summed E-state index contributed by atoms with van der Waals surface area (Å²) in [5.74, 6) is 0.693. The van der Waals surface area contributed by atoms with Crippen LogP contribution in [0.2, 0.25) is 0 Å². The van der Waals surface area contributed by atoms with Gasteiger partial charge in [0.05, 0.1) is 0 Å². The molecular formula is C13H22O2. The molecule has 0 aliphatic heterocycles. The second-order valence-corrected chi connectivity index (χ2v) is 4.55. The predicted octanol–water partition coefficient (Wildman–Crippen LogP) is 3.14. The second kappa shape index (κ2) is 6.04. The van der Waals surface area contributed by atoms with Crippen molar-refractivity contribution < 1.29 is 9.59 Å². The van der Waals surface area contributed by atoms with E-state index in [1.54, 1.807) is 0 Å². The standard InChI is InChI=1S/C13H22O2/c1-3-7-12(14)10(4-2)11-8-5-6-9-13(11)15/h10-11H,3-9H2,1-2H3. The SMILES string of the molecule is CCCC(=O)C(CC)C1CCCCC1=O. The maximum atomic E-state index is 11.9. The van der Waals surface area contributed by atoms with Gasteiger partial charge in [-0.15, -0.1) is 0 Å². The molecule has 2 atom stereocenters. The highest BCUT2D eigenvalue weighted by Crippen LogP contribution is 2.30. The lowest BCUT2D eigenvalue weighted by molar-refractivity contribution is -0.134. The second-order valence-electron chi connectivity index (χ2n) is 4.55. The molecule has 2 heteroatoms. The molecule has 2 nitrogen and oxygen atoms in total. The predicted molar refractivity (Wildman–Crippen MR) is 60.7 cm³/mol. The monoisotopic (exact) mass is 210 g/mol. The van der Waals surface area contributed by atoms with E-state index in [4.69, 9.17) is 0 Å². The summed E-state index contributed by atoms with van der Waals surface area (Å²) in [6.45, 7) is 4.05. The van der Waals surface area contributed by atoms with Gasteiger partial charge < -0.3 is 0 Å². The quantitative estimate of drug-likeness (QED) is 0.698. The van der Waals surface area contributed by atoms with Crippen molar-refractivity contribution in [2.75, 3.05) is 0 Å². The van der Waals surface area contributed by atoms with Crippen LogP contribution in [0.5, 0.6) is 0 Å². The average Bonchev–Trinajstić information content (AvgIpc) is 2.22. The van der Waals surface area contributed by atoms with E-state index >= 15 is 0 Å². The molecule has 0 radical (unpaired) electrons. The molecule has 0 saturated heterocycles. The zero-order valence-electron chi connectivity index (χ0n) is 9.92. The first-order valence-corrected chi connectivity index (χ1v) is 6.26. The lowest BCUT2D eigenvalue weighted by Crippen LogP contribution is -2.31. The minimum Gasteiger partial charge on any atom is -0.299 e. The topological polar surface area (TPSA) is 34.1 Å². The smallest absolute Gasteiger partial charge is 0.136 e. The van der Waals surface area contributed by atoms with E-state index in [1.807, 2.05) is 13.8 Å². The van der Waals surface area contributed by atoms with Crippen LogP contribution in [0.3, 0.4) is 0 Å². The molecule has 0 heterocycles. The molecule has 2 unspecified atom stereocenters. The van der Waals surface area contributed by atoms with E-state index in [-0.39, 0.29) is 11.8 Å². The lowest BCUT2D eigenvalue weighted by Gasteiger charge is -2.27. The van der Waals surface area contributed by atoms with Gasteiger partial charge in [0.2, 0.25) is 0 Å². The van der Waals surface area contributed by atoms with Crippen molar-refractivity contribution in [1.29, 1.82) is 0 Å². The Morgan fingerprint density at radius 3 is 2.67 bits per heavy atom. The summed E-state index contributed by atoms with van der Waals surface area (Å²) in [6.07, 6.45) is 6.14. The molecule has 0 bridgehead atoms. The van der Waals surface area contributed by atoms with Gasteiger partial charge in [0.15, 0.2) is 0 Å². The summed E-state index contributed by atoms with van der Waals surface area (Å²) in [5.41, 5.74) is 0. The van der Waals surface area contributed by atoms with Crippen LogP contribution in [-0.4, -0.2) is 11.6 Å². The van der Waals surface area contributed by atoms with E-state index in [1.165, 1.54) is 0 Å². The van der Waals surface area contributed by atoms with Gasteiger partial charge in [0, 0.05) is 24.7 Å². The molecule has 0 aromatic rings. The molecule has 1 aliphatic rings.